The average molecular weight is 227 g/mol. The number of carbonyl (C=O) groups is 1. The van der Waals surface area contributed by atoms with Crippen molar-refractivity contribution >= 4 is 5.91 Å². The van der Waals surface area contributed by atoms with Crippen molar-refractivity contribution in [1.29, 1.82) is 0 Å². The lowest BCUT2D eigenvalue weighted by molar-refractivity contribution is -0.123. The van der Waals surface area contributed by atoms with Crippen molar-refractivity contribution in [2.75, 3.05) is 20.1 Å². The maximum atomic E-state index is 11.3. The Balaban J connectivity index is 2.29. The fourth-order valence-electron chi connectivity index (χ4n) is 2.05. The van der Waals surface area contributed by atoms with Gasteiger partial charge in [-0.25, -0.2) is 0 Å². The van der Waals surface area contributed by atoms with Gasteiger partial charge in [-0.2, -0.15) is 0 Å². The molecule has 0 aliphatic heterocycles. The predicted octanol–water partition coefficient (Wildman–Crippen LogP) is 0.714. The molecule has 1 saturated carbocycles. The van der Waals surface area contributed by atoms with E-state index < -0.39 is 5.54 Å². The van der Waals surface area contributed by atoms with Crippen LogP contribution in [0.1, 0.15) is 39.5 Å². The molecule has 94 valence electrons. The largest absolute Gasteiger partial charge is 0.368 e. The van der Waals surface area contributed by atoms with Crippen molar-refractivity contribution < 1.29 is 4.79 Å². The van der Waals surface area contributed by atoms with E-state index in [0.717, 1.165) is 32.0 Å². The minimum atomic E-state index is -0.553. The molecule has 0 heterocycles. The highest BCUT2D eigenvalue weighted by Gasteiger charge is 2.30. The molecule has 0 aromatic heterocycles. The Morgan fingerprint density at radius 1 is 1.56 bits per heavy atom. The van der Waals surface area contributed by atoms with Gasteiger partial charge >= 0.3 is 0 Å². The highest BCUT2D eigenvalue weighted by molar-refractivity contribution is 5.84. The molecule has 1 atom stereocenters. The van der Waals surface area contributed by atoms with Gasteiger partial charge in [0, 0.05) is 6.04 Å². The maximum absolute atomic E-state index is 11.3. The molecule has 16 heavy (non-hydrogen) atoms. The van der Waals surface area contributed by atoms with Crippen molar-refractivity contribution in [2.24, 2.45) is 5.73 Å². The molecular formula is C12H25N3O. The third kappa shape index (κ3) is 3.46. The number of hydrogen-bond donors (Lipinski definition) is 2. The van der Waals surface area contributed by atoms with E-state index in [0.29, 0.717) is 0 Å². The summed E-state index contributed by atoms with van der Waals surface area (Å²) in [5, 5.41) is 3.02. The molecule has 0 spiro atoms. The molecular weight excluding hydrogens is 202 g/mol. The number of primary amides is 1. The fourth-order valence-corrected chi connectivity index (χ4v) is 2.05. The van der Waals surface area contributed by atoms with Crippen LogP contribution in [-0.2, 0) is 4.79 Å². The molecule has 0 radical (unpaired) electrons. The summed E-state index contributed by atoms with van der Waals surface area (Å²) in [6, 6.07) is 0.805. The smallest absolute Gasteiger partial charge is 0.237 e. The Kier molecular flexibility index (Phi) is 4.74. The molecule has 1 rings (SSSR count). The van der Waals surface area contributed by atoms with Gasteiger partial charge in [0.1, 0.15) is 0 Å². The summed E-state index contributed by atoms with van der Waals surface area (Å²) < 4.78 is 0. The van der Waals surface area contributed by atoms with Crippen LogP contribution in [0.2, 0.25) is 0 Å². The molecule has 1 fully saturated rings. The molecule has 1 unspecified atom stereocenters. The van der Waals surface area contributed by atoms with Crippen LogP contribution in [0.4, 0.5) is 0 Å². The SMILES string of the molecule is CCN(CCCC(C)(NC)C(N)=O)C1CC1. The Bertz CT molecular complexity index is 240. The zero-order chi connectivity index (χ0) is 12.2. The first-order valence-corrected chi connectivity index (χ1v) is 6.26. The van der Waals surface area contributed by atoms with E-state index in [1.165, 1.54) is 12.8 Å². The number of nitrogens with one attached hydrogen (secondary N) is 1. The van der Waals surface area contributed by atoms with Crippen molar-refractivity contribution in [3.8, 4) is 0 Å². The highest BCUT2D eigenvalue weighted by atomic mass is 16.1. The molecule has 1 amide bonds. The summed E-state index contributed by atoms with van der Waals surface area (Å²) >= 11 is 0. The van der Waals surface area contributed by atoms with Gasteiger partial charge in [0.15, 0.2) is 0 Å². The average Bonchev–Trinajstić information content (AvgIpc) is 3.07. The van der Waals surface area contributed by atoms with E-state index in [9.17, 15) is 4.79 Å². The number of nitrogens with two attached hydrogens (primary N) is 1. The normalized spacial score (nSPS) is 19.8. The maximum Gasteiger partial charge on any atom is 0.237 e. The zero-order valence-electron chi connectivity index (χ0n) is 10.8. The third-order valence-corrected chi connectivity index (χ3v) is 3.69. The van der Waals surface area contributed by atoms with Gasteiger partial charge in [-0.05, 0) is 52.7 Å². The number of likely N-dealkylation sites (N-methyl/N-ethyl adjacent to an activating group) is 1. The first-order valence-electron chi connectivity index (χ1n) is 6.26. The first-order chi connectivity index (χ1) is 7.53. The van der Waals surface area contributed by atoms with Crippen LogP contribution >= 0.6 is 0 Å². The fraction of sp³-hybridized carbons (Fsp3) is 0.917. The minimum Gasteiger partial charge on any atom is -0.368 e. The quantitative estimate of drug-likeness (QED) is 0.642. The van der Waals surface area contributed by atoms with E-state index in [1.54, 1.807) is 7.05 Å². The summed E-state index contributed by atoms with van der Waals surface area (Å²) in [7, 11) is 1.79. The van der Waals surface area contributed by atoms with Gasteiger partial charge in [0.05, 0.1) is 5.54 Å². The van der Waals surface area contributed by atoms with Crippen LogP contribution in [0.3, 0.4) is 0 Å². The Labute approximate surface area is 98.6 Å². The van der Waals surface area contributed by atoms with Crippen LogP contribution in [-0.4, -0.2) is 42.5 Å². The number of amides is 1. The molecule has 1 aliphatic rings. The summed E-state index contributed by atoms with van der Waals surface area (Å²) in [5.41, 5.74) is 4.84. The molecule has 0 aromatic carbocycles. The second-order valence-corrected chi connectivity index (χ2v) is 4.91. The third-order valence-electron chi connectivity index (χ3n) is 3.69. The Morgan fingerprint density at radius 3 is 2.56 bits per heavy atom. The minimum absolute atomic E-state index is 0.260. The molecule has 0 aromatic rings. The van der Waals surface area contributed by atoms with Crippen LogP contribution in [0, 0.1) is 0 Å². The molecule has 0 bridgehead atoms. The van der Waals surface area contributed by atoms with Gasteiger partial charge in [0.25, 0.3) is 0 Å². The topological polar surface area (TPSA) is 58.4 Å². The van der Waals surface area contributed by atoms with Crippen LogP contribution in [0.5, 0.6) is 0 Å². The summed E-state index contributed by atoms with van der Waals surface area (Å²) in [6.07, 6.45) is 4.51. The molecule has 4 heteroatoms. The van der Waals surface area contributed by atoms with E-state index >= 15 is 0 Å². The number of carbonyl (C=O) groups excluding carboxylic acids is 1. The number of hydrogen-bond acceptors (Lipinski definition) is 3. The summed E-state index contributed by atoms with van der Waals surface area (Å²) in [6.45, 7) is 6.26. The molecule has 0 saturated heterocycles. The number of nitrogens with zero attached hydrogens (tertiary/aromatic N) is 1. The standard InChI is InChI=1S/C12H25N3O/c1-4-15(10-6-7-10)9-5-8-12(2,14-3)11(13)16/h10,14H,4-9H2,1-3H3,(H2,13,16). The lowest BCUT2D eigenvalue weighted by Crippen LogP contribution is -2.51. The van der Waals surface area contributed by atoms with Crippen molar-refractivity contribution in [2.45, 2.75) is 51.1 Å². The second kappa shape index (κ2) is 5.64. The van der Waals surface area contributed by atoms with Crippen LogP contribution in [0.15, 0.2) is 0 Å². The van der Waals surface area contributed by atoms with Gasteiger partial charge in [0.2, 0.25) is 5.91 Å². The molecule has 4 nitrogen and oxygen atoms in total. The van der Waals surface area contributed by atoms with Crippen molar-refractivity contribution in [1.82, 2.24) is 10.2 Å². The summed E-state index contributed by atoms with van der Waals surface area (Å²) in [5.74, 6) is -0.260. The van der Waals surface area contributed by atoms with Gasteiger partial charge in [-0.3, -0.25) is 4.79 Å². The van der Waals surface area contributed by atoms with Crippen molar-refractivity contribution in [3.05, 3.63) is 0 Å². The van der Waals surface area contributed by atoms with Gasteiger partial charge in [-0.15, -0.1) is 0 Å². The molecule has 3 N–H and O–H groups in total. The van der Waals surface area contributed by atoms with E-state index in [-0.39, 0.29) is 5.91 Å². The first kappa shape index (κ1) is 13.5. The lowest BCUT2D eigenvalue weighted by Gasteiger charge is -2.27. The van der Waals surface area contributed by atoms with E-state index in [4.69, 9.17) is 5.73 Å². The summed E-state index contributed by atoms with van der Waals surface area (Å²) in [4.78, 5) is 13.8. The second-order valence-electron chi connectivity index (χ2n) is 4.91. The van der Waals surface area contributed by atoms with Gasteiger partial charge in [-0.1, -0.05) is 6.92 Å². The van der Waals surface area contributed by atoms with Crippen molar-refractivity contribution in [3.63, 3.8) is 0 Å². The van der Waals surface area contributed by atoms with E-state index in [1.807, 2.05) is 6.92 Å². The van der Waals surface area contributed by atoms with Gasteiger partial charge < -0.3 is 16.0 Å². The molecule has 1 aliphatic carbocycles. The lowest BCUT2D eigenvalue weighted by atomic mass is 9.95. The number of rotatable bonds is 8. The van der Waals surface area contributed by atoms with Crippen LogP contribution < -0.4 is 11.1 Å². The monoisotopic (exact) mass is 227 g/mol. The zero-order valence-corrected chi connectivity index (χ0v) is 10.8. The van der Waals surface area contributed by atoms with Crippen LogP contribution in [0.25, 0.3) is 0 Å². The Morgan fingerprint density at radius 2 is 2.19 bits per heavy atom. The van der Waals surface area contributed by atoms with E-state index in [2.05, 4.69) is 17.1 Å². The predicted molar refractivity (Wildman–Crippen MR) is 66.2 cm³/mol. The highest BCUT2D eigenvalue weighted by Crippen LogP contribution is 2.27. The Hall–Kier alpha value is -0.610.